The van der Waals surface area contributed by atoms with E-state index in [1.807, 2.05) is 13.8 Å². The van der Waals surface area contributed by atoms with Gasteiger partial charge in [-0.1, -0.05) is 20.4 Å². The Kier molecular flexibility index (Phi) is 3.60. The van der Waals surface area contributed by atoms with Gasteiger partial charge >= 0.3 is 0 Å². The molecule has 0 unspecified atom stereocenters. The zero-order valence-electron chi connectivity index (χ0n) is 5.89. The van der Waals surface area contributed by atoms with E-state index in [-0.39, 0.29) is 5.92 Å². The molecule has 0 aliphatic rings. The second kappa shape index (κ2) is 4.01. The van der Waals surface area contributed by atoms with Crippen LogP contribution in [0.5, 0.6) is 0 Å². The first kappa shape index (κ1) is 8.08. The quantitative estimate of drug-likeness (QED) is 0.558. The van der Waals surface area contributed by atoms with Gasteiger partial charge in [-0.05, 0) is 5.92 Å². The van der Waals surface area contributed by atoms with Crippen molar-refractivity contribution >= 4 is 11.9 Å². The van der Waals surface area contributed by atoms with Crippen molar-refractivity contribution in [2.75, 3.05) is 0 Å². The van der Waals surface area contributed by atoms with Crippen molar-refractivity contribution in [1.29, 1.82) is 5.41 Å². The van der Waals surface area contributed by atoms with E-state index < -0.39 is 0 Å². The maximum atomic E-state index is 7.25. The van der Waals surface area contributed by atoms with Crippen molar-refractivity contribution in [2.24, 2.45) is 10.9 Å². The Bertz CT molecular complexity index is 134. The molecule has 2 heteroatoms. The van der Waals surface area contributed by atoms with Crippen LogP contribution in [0.15, 0.2) is 17.8 Å². The molecule has 0 amide bonds. The first-order valence-electron chi connectivity index (χ1n) is 2.91. The lowest BCUT2D eigenvalue weighted by Crippen LogP contribution is -2.05. The minimum Gasteiger partial charge on any atom is -0.303 e. The number of nitrogens with one attached hydrogen (secondary N) is 1. The van der Waals surface area contributed by atoms with Gasteiger partial charge < -0.3 is 5.41 Å². The second-order valence-electron chi connectivity index (χ2n) is 2.07. The third kappa shape index (κ3) is 3.64. The molecule has 0 aromatic rings. The van der Waals surface area contributed by atoms with Gasteiger partial charge in [-0.15, -0.1) is 0 Å². The molecular formula is C7H12N2. The Labute approximate surface area is 55.8 Å². The third-order valence-electron chi connectivity index (χ3n) is 0.941. The van der Waals surface area contributed by atoms with E-state index in [1.54, 1.807) is 0 Å². The summed E-state index contributed by atoms with van der Waals surface area (Å²) < 4.78 is 0. The molecule has 9 heavy (non-hydrogen) atoms. The van der Waals surface area contributed by atoms with E-state index in [2.05, 4.69) is 11.6 Å². The van der Waals surface area contributed by atoms with Gasteiger partial charge in [0.1, 0.15) is 0 Å². The Hall–Kier alpha value is -0.920. The molecule has 1 N–H and O–H groups in total. The zero-order valence-corrected chi connectivity index (χ0v) is 5.89. The topological polar surface area (TPSA) is 36.2 Å². The number of aliphatic imine (C=N–C) groups is 1. The molecule has 0 atom stereocenters. The van der Waals surface area contributed by atoms with Crippen LogP contribution in [0.3, 0.4) is 0 Å². The molecule has 0 aliphatic heterocycles. The molecule has 0 fully saturated rings. The molecule has 0 rings (SSSR count). The van der Waals surface area contributed by atoms with Crippen LogP contribution in [0.4, 0.5) is 0 Å². The maximum absolute atomic E-state index is 7.25. The molecule has 0 saturated heterocycles. The molecule has 50 valence electrons. The SMILES string of the molecule is C=C/N=C\C(=N)C(C)C. The van der Waals surface area contributed by atoms with Gasteiger partial charge in [0, 0.05) is 12.4 Å². The van der Waals surface area contributed by atoms with Gasteiger partial charge in [0.25, 0.3) is 0 Å². The maximum Gasteiger partial charge on any atom is 0.0521 e. The van der Waals surface area contributed by atoms with Gasteiger partial charge in [-0.25, -0.2) is 0 Å². The Morgan fingerprint density at radius 3 is 2.56 bits per heavy atom. The van der Waals surface area contributed by atoms with Crippen LogP contribution in [0.1, 0.15) is 13.8 Å². The van der Waals surface area contributed by atoms with Crippen molar-refractivity contribution in [3.63, 3.8) is 0 Å². The lowest BCUT2D eigenvalue weighted by Gasteiger charge is -1.97. The fourth-order valence-electron chi connectivity index (χ4n) is 0.282. The van der Waals surface area contributed by atoms with Crippen LogP contribution in [0, 0.1) is 11.3 Å². The Balaban J connectivity index is 3.76. The lowest BCUT2D eigenvalue weighted by atomic mass is 10.1. The zero-order chi connectivity index (χ0) is 7.28. The van der Waals surface area contributed by atoms with E-state index in [4.69, 9.17) is 5.41 Å². The standard InChI is InChI=1S/C7H12N2/c1-4-9-5-7(8)6(2)3/h4-6,8H,1H2,2-3H3/b8-7?,9-5-. The van der Waals surface area contributed by atoms with Crippen molar-refractivity contribution in [3.8, 4) is 0 Å². The highest BCUT2D eigenvalue weighted by Crippen LogP contribution is 1.90. The van der Waals surface area contributed by atoms with Crippen molar-refractivity contribution < 1.29 is 0 Å². The molecular weight excluding hydrogens is 112 g/mol. The summed E-state index contributed by atoms with van der Waals surface area (Å²) in [7, 11) is 0. The van der Waals surface area contributed by atoms with Crippen molar-refractivity contribution in [2.45, 2.75) is 13.8 Å². The van der Waals surface area contributed by atoms with Crippen LogP contribution in [0.2, 0.25) is 0 Å². The molecule has 0 aliphatic carbocycles. The van der Waals surface area contributed by atoms with Crippen LogP contribution in [-0.4, -0.2) is 11.9 Å². The molecule has 0 saturated carbocycles. The second-order valence-corrected chi connectivity index (χ2v) is 2.07. The van der Waals surface area contributed by atoms with Gasteiger partial charge in [0.2, 0.25) is 0 Å². The van der Waals surface area contributed by atoms with Crippen LogP contribution < -0.4 is 0 Å². The van der Waals surface area contributed by atoms with Crippen molar-refractivity contribution in [3.05, 3.63) is 12.8 Å². The number of hydrogen-bond acceptors (Lipinski definition) is 2. The first-order valence-corrected chi connectivity index (χ1v) is 2.91. The highest BCUT2D eigenvalue weighted by atomic mass is 14.7. The van der Waals surface area contributed by atoms with Crippen LogP contribution in [0.25, 0.3) is 0 Å². The molecule has 0 aromatic heterocycles. The summed E-state index contributed by atoms with van der Waals surface area (Å²) in [6.45, 7) is 7.31. The average Bonchev–Trinajstić information content (AvgIpc) is 1.82. The summed E-state index contributed by atoms with van der Waals surface area (Å²) in [6.07, 6.45) is 2.94. The minimum atomic E-state index is 0.258. The third-order valence-corrected chi connectivity index (χ3v) is 0.941. The van der Waals surface area contributed by atoms with E-state index >= 15 is 0 Å². The van der Waals surface area contributed by atoms with Gasteiger partial charge in [-0.3, -0.25) is 4.99 Å². The summed E-state index contributed by atoms with van der Waals surface area (Å²) in [5.41, 5.74) is 0.537. The molecule has 0 radical (unpaired) electrons. The highest BCUT2D eigenvalue weighted by molar-refractivity contribution is 6.29. The van der Waals surface area contributed by atoms with Gasteiger partial charge in [0.15, 0.2) is 0 Å². The molecule has 0 bridgehead atoms. The van der Waals surface area contributed by atoms with Gasteiger partial charge in [-0.2, -0.15) is 0 Å². The summed E-state index contributed by atoms with van der Waals surface area (Å²) in [4.78, 5) is 3.71. The molecule has 2 nitrogen and oxygen atoms in total. The summed E-state index contributed by atoms with van der Waals surface area (Å²) in [5, 5.41) is 7.25. The summed E-state index contributed by atoms with van der Waals surface area (Å²) in [6, 6.07) is 0. The lowest BCUT2D eigenvalue weighted by molar-refractivity contribution is 0.889. The predicted octanol–water partition coefficient (Wildman–Crippen LogP) is 1.88. The number of rotatable bonds is 3. The Morgan fingerprint density at radius 2 is 2.22 bits per heavy atom. The number of hydrogen-bond donors (Lipinski definition) is 1. The highest BCUT2D eigenvalue weighted by Gasteiger charge is 1.95. The molecule has 0 heterocycles. The van der Waals surface area contributed by atoms with Crippen LogP contribution >= 0.6 is 0 Å². The fourth-order valence-corrected chi connectivity index (χ4v) is 0.282. The Morgan fingerprint density at radius 1 is 1.67 bits per heavy atom. The number of nitrogens with zero attached hydrogens (tertiary/aromatic N) is 1. The van der Waals surface area contributed by atoms with E-state index in [1.165, 1.54) is 12.4 Å². The van der Waals surface area contributed by atoms with Crippen molar-refractivity contribution in [1.82, 2.24) is 0 Å². The van der Waals surface area contributed by atoms with E-state index in [0.717, 1.165) is 0 Å². The minimum absolute atomic E-state index is 0.258. The summed E-state index contributed by atoms with van der Waals surface area (Å²) >= 11 is 0. The smallest absolute Gasteiger partial charge is 0.0521 e. The largest absolute Gasteiger partial charge is 0.303 e. The van der Waals surface area contributed by atoms with E-state index in [0.29, 0.717) is 5.71 Å². The monoisotopic (exact) mass is 124 g/mol. The van der Waals surface area contributed by atoms with Gasteiger partial charge in [0.05, 0.1) is 5.71 Å². The van der Waals surface area contributed by atoms with E-state index in [9.17, 15) is 0 Å². The first-order chi connectivity index (χ1) is 4.18. The molecule has 0 aromatic carbocycles. The predicted molar refractivity (Wildman–Crippen MR) is 41.3 cm³/mol. The fraction of sp³-hybridized carbons (Fsp3) is 0.429. The normalized spacial score (nSPS) is 10.6. The molecule has 0 spiro atoms. The summed E-state index contributed by atoms with van der Waals surface area (Å²) in [5.74, 6) is 0.258. The average molecular weight is 124 g/mol. The van der Waals surface area contributed by atoms with Crippen LogP contribution in [-0.2, 0) is 0 Å².